The van der Waals surface area contributed by atoms with Crippen LogP contribution in [0.5, 0.6) is 5.75 Å². The molecule has 3 nitrogen and oxygen atoms in total. The first kappa shape index (κ1) is 13.9. The van der Waals surface area contributed by atoms with Gasteiger partial charge in [0.1, 0.15) is 5.75 Å². The molecule has 0 aliphatic heterocycles. The Labute approximate surface area is 114 Å². The number of hydrogen-bond acceptors (Lipinski definition) is 2. The lowest BCUT2D eigenvalue weighted by Gasteiger charge is -2.28. The van der Waals surface area contributed by atoms with Crippen LogP contribution in [0.2, 0.25) is 0 Å². The molecule has 0 atom stereocenters. The number of methoxy groups -OCH3 is 1. The Morgan fingerprint density at radius 1 is 1.37 bits per heavy atom. The van der Waals surface area contributed by atoms with Crippen molar-refractivity contribution in [1.29, 1.82) is 0 Å². The summed E-state index contributed by atoms with van der Waals surface area (Å²) in [5.74, 6) is 0.200. The van der Waals surface area contributed by atoms with Gasteiger partial charge in [-0.2, -0.15) is 0 Å². The van der Waals surface area contributed by atoms with Crippen LogP contribution < -0.4 is 4.74 Å². The maximum absolute atomic E-state index is 11.2. The van der Waals surface area contributed by atoms with Crippen molar-refractivity contribution in [3.05, 3.63) is 29.3 Å². The van der Waals surface area contributed by atoms with Crippen LogP contribution >= 0.6 is 0 Å². The fourth-order valence-electron chi connectivity index (χ4n) is 3.29. The Balaban J connectivity index is 2.39. The average molecular weight is 262 g/mol. The smallest absolute Gasteiger partial charge is 0.304 e. The van der Waals surface area contributed by atoms with Gasteiger partial charge in [-0.3, -0.25) is 4.79 Å². The molecular weight excluding hydrogens is 240 g/mol. The van der Waals surface area contributed by atoms with Crippen molar-refractivity contribution >= 4 is 5.97 Å². The number of carboxylic acid groups (broad SMARTS) is 1. The molecule has 1 aliphatic carbocycles. The second-order valence-electron chi connectivity index (χ2n) is 5.44. The van der Waals surface area contributed by atoms with Crippen molar-refractivity contribution in [2.45, 2.75) is 50.9 Å². The van der Waals surface area contributed by atoms with Gasteiger partial charge in [0, 0.05) is 5.41 Å². The van der Waals surface area contributed by atoms with Crippen molar-refractivity contribution in [2.75, 3.05) is 7.11 Å². The van der Waals surface area contributed by atoms with E-state index in [9.17, 15) is 9.90 Å². The first-order valence-corrected chi connectivity index (χ1v) is 7.00. The maximum Gasteiger partial charge on any atom is 0.304 e. The fourth-order valence-corrected chi connectivity index (χ4v) is 3.29. The first-order chi connectivity index (χ1) is 9.11. The van der Waals surface area contributed by atoms with Crippen LogP contribution in [-0.4, -0.2) is 18.2 Å². The second kappa shape index (κ2) is 5.64. The Morgan fingerprint density at radius 3 is 2.58 bits per heavy atom. The highest BCUT2D eigenvalue weighted by Gasteiger charge is 2.37. The molecule has 19 heavy (non-hydrogen) atoms. The van der Waals surface area contributed by atoms with Gasteiger partial charge >= 0.3 is 5.97 Å². The normalized spacial score (nSPS) is 17.4. The minimum absolute atomic E-state index is 0.165. The van der Waals surface area contributed by atoms with Crippen LogP contribution in [0.25, 0.3) is 0 Å². The van der Waals surface area contributed by atoms with E-state index in [1.54, 1.807) is 7.11 Å². The second-order valence-corrected chi connectivity index (χ2v) is 5.44. The molecule has 1 saturated carbocycles. The predicted molar refractivity (Wildman–Crippen MR) is 74.8 cm³/mol. The summed E-state index contributed by atoms with van der Waals surface area (Å²) in [6.07, 6.45) is 5.35. The van der Waals surface area contributed by atoms with E-state index in [0.717, 1.165) is 43.4 Å². The van der Waals surface area contributed by atoms with Crippen molar-refractivity contribution in [3.63, 3.8) is 0 Å². The molecule has 0 aromatic heterocycles. The molecule has 1 aromatic carbocycles. The third-order valence-electron chi connectivity index (χ3n) is 4.32. The molecule has 1 N–H and O–H groups in total. The summed E-state index contributed by atoms with van der Waals surface area (Å²) < 4.78 is 5.35. The lowest BCUT2D eigenvalue weighted by Crippen LogP contribution is -2.26. The van der Waals surface area contributed by atoms with E-state index < -0.39 is 5.97 Å². The highest BCUT2D eigenvalue weighted by atomic mass is 16.5. The zero-order chi connectivity index (χ0) is 13.9. The zero-order valence-electron chi connectivity index (χ0n) is 11.7. The average Bonchev–Trinajstić information content (AvgIpc) is 2.86. The van der Waals surface area contributed by atoms with Crippen LogP contribution in [0, 0.1) is 0 Å². The summed E-state index contributed by atoms with van der Waals surface area (Å²) in [7, 11) is 1.68. The van der Waals surface area contributed by atoms with Crippen molar-refractivity contribution in [3.8, 4) is 5.75 Å². The molecule has 3 heteroatoms. The van der Waals surface area contributed by atoms with Crippen LogP contribution in [0.1, 0.15) is 50.2 Å². The Hall–Kier alpha value is -1.51. The van der Waals surface area contributed by atoms with E-state index in [4.69, 9.17) is 4.74 Å². The highest BCUT2D eigenvalue weighted by Crippen LogP contribution is 2.44. The quantitative estimate of drug-likeness (QED) is 0.882. The summed E-state index contributed by atoms with van der Waals surface area (Å²) in [5, 5.41) is 9.20. The zero-order valence-corrected chi connectivity index (χ0v) is 11.7. The van der Waals surface area contributed by atoms with Crippen LogP contribution in [0.4, 0.5) is 0 Å². The van der Waals surface area contributed by atoms with Crippen molar-refractivity contribution in [1.82, 2.24) is 0 Å². The molecule has 0 amide bonds. The van der Waals surface area contributed by atoms with Gasteiger partial charge in [-0.1, -0.05) is 31.9 Å². The number of aliphatic carboxylic acids is 1. The maximum atomic E-state index is 11.2. The van der Waals surface area contributed by atoms with Gasteiger partial charge < -0.3 is 9.84 Å². The molecule has 1 fully saturated rings. The SMILES string of the molecule is CCc1cc(C2(CC(=O)O)CCCC2)ccc1OC. The van der Waals surface area contributed by atoms with Gasteiger partial charge in [0.05, 0.1) is 13.5 Å². The molecule has 0 heterocycles. The van der Waals surface area contributed by atoms with Gasteiger partial charge in [0.15, 0.2) is 0 Å². The fraction of sp³-hybridized carbons (Fsp3) is 0.562. The molecule has 0 bridgehead atoms. The Morgan fingerprint density at radius 2 is 2.05 bits per heavy atom. The van der Waals surface area contributed by atoms with Crippen molar-refractivity contribution in [2.24, 2.45) is 0 Å². The molecule has 104 valence electrons. The number of aryl methyl sites for hydroxylation is 1. The van der Waals surface area contributed by atoms with E-state index in [1.807, 2.05) is 12.1 Å². The van der Waals surface area contributed by atoms with E-state index in [1.165, 1.54) is 5.56 Å². The number of benzene rings is 1. The number of carboxylic acids is 1. The summed E-state index contributed by atoms with van der Waals surface area (Å²) in [4.78, 5) is 11.2. The molecule has 2 rings (SSSR count). The molecule has 0 spiro atoms. The van der Waals surface area contributed by atoms with Crippen LogP contribution in [0.3, 0.4) is 0 Å². The molecule has 0 saturated heterocycles. The molecule has 0 radical (unpaired) electrons. The minimum atomic E-state index is -0.698. The van der Waals surface area contributed by atoms with E-state index in [-0.39, 0.29) is 11.8 Å². The van der Waals surface area contributed by atoms with Gasteiger partial charge in [-0.25, -0.2) is 0 Å². The van der Waals surface area contributed by atoms with E-state index in [2.05, 4.69) is 13.0 Å². The summed E-state index contributed by atoms with van der Waals surface area (Å²) in [5.41, 5.74) is 2.17. The predicted octanol–water partition coefficient (Wildman–Crippen LogP) is 3.54. The third-order valence-corrected chi connectivity index (χ3v) is 4.32. The largest absolute Gasteiger partial charge is 0.496 e. The Kier molecular flexibility index (Phi) is 4.13. The Bertz CT molecular complexity index is 459. The number of ether oxygens (including phenoxy) is 1. The summed E-state index contributed by atoms with van der Waals surface area (Å²) in [6.45, 7) is 2.10. The monoisotopic (exact) mass is 262 g/mol. The van der Waals surface area contributed by atoms with Gasteiger partial charge in [0.25, 0.3) is 0 Å². The lowest BCUT2D eigenvalue weighted by atomic mass is 9.75. The first-order valence-electron chi connectivity index (χ1n) is 7.00. The third kappa shape index (κ3) is 2.75. The summed E-state index contributed by atoms with van der Waals surface area (Å²) in [6, 6.07) is 6.18. The number of rotatable bonds is 5. The van der Waals surface area contributed by atoms with Gasteiger partial charge in [-0.15, -0.1) is 0 Å². The van der Waals surface area contributed by atoms with Crippen molar-refractivity contribution < 1.29 is 14.6 Å². The molecule has 0 unspecified atom stereocenters. The van der Waals surface area contributed by atoms with Crippen LogP contribution in [-0.2, 0) is 16.6 Å². The number of carbonyl (C=O) groups is 1. The van der Waals surface area contributed by atoms with E-state index >= 15 is 0 Å². The molecule has 1 aromatic rings. The van der Waals surface area contributed by atoms with E-state index in [0.29, 0.717) is 0 Å². The molecule has 1 aliphatic rings. The van der Waals surface area contributed by atoms with Gasteiger partial charge in [0.2, 0.25) is 0 Å². The lowest BCUT2D eigenvalue weighted by molar-refractivity contribution is -0.138. The van der Waals surface area contributed by atoms with Gasteiger partial charge in [-0.05, 0) is 36.5 Å². The minimum Gasteiger partial charge on any atom is -0.496 e. The number of hydrogen-bond donors (Lipinski definition) is 1. The topological polar surface area (TPSA) is 46.5 Å². The molecular formula is C16H22O3. The highest BCUT2D eigenvalue weighted by molar-refractivity contribution is 5.69. The standard InChI is InChI=1S/C16H22O3/c1-3-12-10-13(6-7-14(12)19-2)16(11-15(17)18)8-4-5-9-16/h6-7,10H,3-5,8-9,11H2,1-2H3,(H,17,18). The summed E-state index contributed by atoms with van der Waals surface area (Å²) >= 11 is 0. The van der Waals surface area contributed by atoms with Crippen LogP contribution in [0.15, 0.2) is 18.2 Å².